The van der Waals surface area contributed by atoms with E-state index in [1.807, 2.05) is 13.0 Å². The minimum Gasteiger partial charge on any atom is -0.386 e. The number of rotatable bonds is 1. The largest absolute Gasteiger partial charge is 0.386 e. The maximum atomic E-state index is 9.59. The Balaban J connectivity index is 2.56. The minimum atomic E-state index is -0.460. The fourth-order valence-electron chi connectivity index (χ4n) is 1.21. The summed E-state index contributed by atoms with van der Waals surface area (Å²) >= 11 is 0. The maximum Gasteiger partial charge on any atom is 0.0825 e. The summed E-state index contributed by atoms with van der Waals surface area (Å²) in [6.45, 7) is 2.02. The van der Waals surface area contributed by atoms with Crippen molar-refractivity contribution in [2.24, 2.45) is 0 Å². The van der Waals surface area contributed by atoms with Gasteiger partial charge in [0.2, 0.25) is 0 Å². The monoisotopic (exact) mass is 126 g/mol. The van der Waals surface area contributed by atoms with Gasteiger partial charge in [0.15, 0.2) is 0 Å². The summed E-state index contributed by atoms with van der Waals surface area (Å²) in [5.74, 6) is 0. The van der Waals surface area contributed by atoms with Gasteiger partial charge >= 0.3 is 0 Å². The summed E-state index contributed by atoms with van der Waals surface area (Å²) < 4.78 is 0. The van der Waals surface area contributed by atoms with Crippen LogP contribution in [0, 0.1) is 0 Å². The summed E-state index contributed by atoms with van der Waals surface area (Å²) in [5.41, 5.74) is -0.460. The number of hydrogen-bond acceptors (Lipinski definition) is 1. The molecule has 0 radical (unpaired) electrons. The van der Waals surface area contributed by atoms with Crippen LogP contribution in [0.1, 0.15) is 32.6 Å². The first-order valence-corrected chi connectivity index (χ1v) is 3.67. The summed E-state index contributed by atoms with van der Waals surface area (Å²) in [6, 6.07) is 0. The van der Waals surface area contributed by atoms with Crippen LogP contribution >= 0.6 is 0 Å². The van der Waals surface area contributed by atoms with E-state index in [1.54, 1.807) is 0 Å². The molecule has 1 aliphatic carbocycles. The second kappa shape index (κ2) is 2.53. The third-order valence-corrected chi connectivity index (χ3v) is 2.02. The Morgan fingerprint density at radius 1 is 1.67 bits per heavy atom. The van der Waals surface area contributed by atoms with Gasteiger partial charge in [-0.2, -0.15) is 0 Å². The fraction of sp³-hybridized carbons (Fsp3) is 0.750. The summed E-state index contributed by atoms with van der Waals surface area (Å²) in [4.78, 5) is 0. The predicted octanol–water partition coefficient (Wildman–Crippen LogP) is 1.87. The second-order valence-corrected chi connectivity index (χ2v) is 2.75. The van der Waals surface area contributed by atoms with E-state index in [1.165, 1.54) is 0 Å². The molecule has 52 valence electrons. The van der Waals surface area contributed by atoms with Crippen LogP contribution in [0.15, 0.2) is 12.2 Å². The van der Waals surface area contributed by atoms with E-state index in [-0.39, 0.29) is 0 Å². The van der Waals surface area contributed by atoms with E-state index >= 15 is 0 Å². The zero-order valence-electron chi connectivity index (χ0n) is 5.93. The third kappa shape index (κ3) is 1.55. The molecule has 1 N–H and O–H groups in total. The molecule has 0 heterocycles. The van der Waals surface area contributed by atoms with Gasteiger partial charge in [-0.05, 0) is 25.7 Å². The second-order valence-electron chi connectivity index (χ2n) is 2.75. The van der Waals surface area contributed by atoms with Crippen molar-refractivity contribution < 1.29 is 5.11 Å². The van der Waals surface area contributed by atoms with E-state index in [0.717, 1.165) is 25.7 Å². The smallest absolute Gasteiger partial charge is 0.0825 e. The standard InChI is InChI=1S/C8H14O/c1-2-8(9)6-4-3-5-7-8/h4,6,9H,2-3,5,7H2,1H3/t8-/m0/s1. The van der Waals surface area contributed by atoms with E-state index in [4.69, 9.17) is 0 Å². The van der Waals surface area contributed by atoms with Crippen molar-refractivity contribution in [1.29, 1.82) is 0 Å². The molecular weight excluding hydrogens is 112 g/mol. The normalized spacial score (nSPS) is 34.9. The van der Waals surface area contributed by atoms with Gasteiger partial charge in [-0.25, -0.2) is 0 Å². The number of allylic oxidation sites excluding steroid dienone is 1. The molecule has 0 aromatic heterocycles. The Labute approximate surface area is 56.4 Å². The zero-order chi connectivity index (χ0) is 6.74. The lowest BCUT2D eigenvalue weighted by atomic mass is 9.89. The van der Waals surface area contributed by atoms with Gasteiger partial charge in [-0.1, -0.05) is 19.1 Å². The van der Waals surface area contributed by atoms with Crippen molar-refractivity contribution >= 4 is 0 Å². The van der Waals surface area contributed by atoms with Gasteiger partial charge in [0.1, 0.15) is 0 Å². The Kier molecular flexibility index (Phi) is 1.91. The van der Waals surface area contributed by atoms with Crippen LogP contribution in [0.25, 0.3) is 0 Å². The summed E-state index contributed by atoms with van der Waals surface area (Å²) in [5, 5.41) is 9.59. The molecule has 9 heavy (non-hydrogen) atoms. The highest BCUT2D eigenvalue weighted by Gasteiger charge is 2.21. The maximum absolute atomic E-state index is 9.59. The van der Waals surface area contributed by atoms with Gasteiger partial charge in [0.05, 0.1) is 5.60 Å². The molecule has 0 aliphatic heterocycles. The first-order chi connectivity index (χ1) is 4.27. The van der Waals surface area contributed by atoms with Crippen LogP contribution in [0.5, 0.6) is 0 Å². The molecule has 1 nitrogen and oxygen atoms in total. The first kappa shape index (κ1) is 6.81. The van der Waals surface area contributed by atoms with Crippen molar-refractivity contribution in [3.05, 3.63) is 12.2 Å². The van der Waals surface area contributed by atoms with Crippen LogP contribution in [-0.2, 0) is 0 Å². The topological polar surface area (TPSA) is 20.2 Å². The lowest BCUT2D eigenvalue weighted by Crippen LogP contribution is -2.26. The molecule has 0 bridgehead atoms. The van der Waals surface area contributed by atoms with E-state index < -0.39 is 5.60 Å². The molecule has 0 spiro atoms. The highest BCUT2D eigenvalue weighted by molar-refractivity contribution is 5.03. The average Bonchev–Trinajstić information content (AvgIpc) is 1.90. The Bertz CT molecular complexity index is 118. The molecule has 1 rings (SSSR count). The van der Waals surface area contributed by atoms with Crippen molar-refractivity contribution in [3.63, 3.8) is 0 Å². The third-order valence-electron chi connectivity index (χ3n) is 2.02. The fourth-order valence-corrected chi connectivity index (χ4v) is 1.21. The Morgan fingerprint density at radius 2 is 2.44 bits per heavy atom. The van der Waals surface area contributed by atoms with Gasteiger partial charge in [0.25, 0.3) is 0 Å². The lowest BCUT2D eigenvalue weighted by molar-refractivity contribution is 0.0708. The molecule has 0 aromatic carbocycles. The van der Waals surface area contributed by atoms with Crippen LogP contribution in [-0.4, -0.2) is 10.7 Å². The SMILES string of the molecule is CC[C@]1(O)C=CCCC1. The van der Waals surface area contributed by atoms with Crippen LogP contribution in [0.2, 0.25) is 0 Å². The summed E-state index contributed by atoms with van der Waals surface area (Å²) in [7, 11) is 0. The average molecular weight is 126 g/mol. The molecule has 0 fully saturated rings. The van der Waals surface area contributed by atoms with Crippen molar-refractivity contribution in [2.75, 3.05) is 0 Å². The molecular formula is C8H14O. The first-order valence-electron chi connectivity index (χ1n) is 3.67. The van der Waals surface area contributed by atoms with E-state index in [0.29, 0.717) is 0 Å². The van der Waals surface area contributed by atoms with Gasteiger partial charge < -0.3 is 5.11 Å². The van der Waals surface area contributed by atoms with E-state index in [9.17, 15) is 5.11 Å². The van der Waals surface area contributed by atoms with Crippen molar-refractivity contribution in [1.82, 2.24) is 0 Å². The number of hydrogen-bond donors (Lipinski definition) is 1. The van der Waals surface area contributed by atoms with Crippen LogP contribution in [0.4, 0.5) is 0 Å². The minimum absolute atomic E-state index is 0.460. The lowest BCUT2D eigenvalue weighted by Gasteiger charge is -2.25. The van der Waals surface area contributed by atoms with Crippen molar-refractivity contribution in [2.45, 2.75) is 38.2 Å². The highest BCUT2D eigenvalue weighted by atomic mass is 16.3. The van der Waals surface area contributed by atoms with Crippen LogP contribution < -0.4 is 0 Å². The van der Waals surface area contributed by atoms with Gasteiger partial charge in [-0.3, -0.25) is 0 Å². The van der Waals surface area contributed by atoms with E-state index in [2.05, 4.69) is 6.08 Å². The molecule has 0 aromatic rings. The van der Waals surface area contributed by atoms with Crippen LogP contribution in [0.3, 0.4) is 0 Å². The van der Waals surface area contributed by atoms with Gasteiger partial charge in [-0.15, -0.1) is 0 Å². The molecule has 0 saturated heterocycles. The molecule has 0 unspecified atom stereocenters. The molecule has 1 atom stereocenters. The number of aliphatic hydroxyl groups is 1. The summed E-state index contributed by atoms with van der Waals surface area (Å²) in [6.07, 6.45) is 8.09. The molecule has 0 amide bonds. The van der Waals surface area contributed by atoms with Crippen molar-refractivity contribution in [3.8, 4) is 0 Å². The molecule has 0 saturated carbocycles. The zero-order valence-corrected chi connectivity index (χ0v) is 5.93. The Hall–Kier alpha value is -0.300. The molecule has 1 heteroatoms. The Morgan fingerprint density at radius 3 is 2.78 bits per heavy atom. The predicted molar refractivity (Wildman–Crippen MR) is 38.2 cm³/mol. The van der Waals surface area contributed by atoms with Gasteiger partial charge in [0, 0.05) is 0 Å². The quantitative estimate of drug-likeness (QED) is 0.532. The highest BCUT2D eigenvalue weighted by Crippen LogP contribution is 2.24. The molecule has 1 aliphatic rings.